The highest BCUT2D eigenvalue weighted by Crippen LogP contribution is 2.12. The van der Waals surface area contributed by atoms with E-state index in [2.05, 4.69) is 33.8 Å². The van der Waals surface area contributed by atoms with Crippen molar-refractivity contribution in [3.8, 4) is 5.75 Å². The molecule has 0 aliphatic carbocycles. The zero-order valence-corrected chi connectivity index (χ0v) is 10.6. The Bertz CT molecular complexity index is 287. The van der Waals surface area contributed by atoms with Crippen LogP contribution >= 0.6 is 0 Å². The number of hydrogen-bond donors (Lipinski definition) is 0. The van der Waals surface area contributed by atoms with Crippen LogP contribution in [0.1, 0.15) is 27.7 Å². The van der Waals surface area contributed by atoms with Gasteiger partial charge in [-0.2, -0.15) is 0 Å². The van der Waals surface area contributed by atoms with Gasteiger partial charge in [0, 0.05) is 12.0 Å². The molecular formula is C14H21O2. The second-order valence-corrected chi connectivity index (χ2v) is 5.07. The Balaban J connectivity index is 2.23. The van der Waals surface area contributed by atoms with Gasteiger partial charge in [-0.15, -0.1) is 0 Å². The summed E-state index contributed by atoms with van der Waals surface area (Å²) in [6, 6.07) is 10.7. The number of hydrogen-bond acceptors (Lipinski definition) is 2. The molecule has 0 aliphatic heterocycles. The summed E-state index contributed by atoms with van der Waals surface area (Å²) in [5, 5.41) is 0. The van der Waals surface area contributed by atoms with Crippen molar-refractivity contribution in [2.24, 2.45) is 5.92 Å². The average molecular weight is 221 g/mol. The van der Waals surface area contributed by atoms with Crippen molar-refractivity contribution in [3.63, 3.8) is 0 Å². The van der Waals surface area contributed by atoms with Gasteiger partial charge in [-0.3, -0.25) is 0 Å². The predicted octanol–water partition coefficient (Wildman–Crippen LogP) is 3.32. The van der Waals surface area contributed by atoms with Gasteiger partial charge in [-0.1, -0.05) is 25.1 Å². The van der Waals surface area contributed by atoms with Crippen molar-refractivity contribution in [1.29, 1.82) is 0 Å². The summed E-state index contributed by atoms with van der Waals surface area (Å²) in [7, 11) is 0. The lowest BCUT2D eigenvalue weighted by atomic mass is 10.1. The highest BCUT2D eigenvalue weighted by Gasteiger charge is 2.12. The van der Waals surface area contributed by atoms with Gasteiger partial charge < -0.3 is 9.47 Å². The van der Waals surface area contributed by atoms with E-state index in [1.165, 1.54) is 0 Å². The minimum Gasteiger partial charge on any atom is -0.493 e. The first kappa shape index (κ1) is 13.0. The van der Waals surface area contributed by atoms with E-state index in [-0.39, 0.29) is 5.60 Å². The maximum atomic E-state index is 5.69. The first-order valence-corrected chi connectivity index (χ1v) is 5.71. The molecule has 0 aliphatic rings. The van der Waals surface area contributed by atoms with Gasteiger partial charge in [-0.25, -0.2) is 0 Å². The van der Waals surface area contributed by atoms with Crippen LogP contribution in [0.4, 0.5) is 0 Å². The lowest BCUT2D eigenvalue weighted by molar-refractivity contribution is -0.0257. The summed E-state index contributed by atoms with van der Waals surface area (Å²) in [5.41, 5.74) is -0.0763. The van der Waals surface area contributed by atoms with Gasteiger partial charge in [0.25, 0.3) is 0 Å². The maximum Gasteiger partial charge on any atom is 0.127 e. The SMILES string of the molecule is CC(COc1[c]cccc1)COC(C)(C)C. The molecule has 1 aromatic carbocycles. The Morgan fingerprint density at radius 2 is 2.00 bits per heavy atom. The third-order valence-corrected chi connectivity index (χ3v) is 2.00. The van der Waals surface area contributed by atoms with Crippen molar-refractivity contribution in [1.82, 2.24) is 0 Å². The van der Waals surface area contributed by atoms with Gasteiger partial charge in [-0.05, 0) is 26.8 Å². The molecule has 0 saturated carbocycles. The highest BCUT2D eigenvalue weighted by molar-refractivity contribution is 5.19. The van der Waals surface area contributed by atoms with Crippen LogP contribution in [-0.2, 0) is 4.74 Å². The fourth-order valence-corrected chi connectivity index (χ4v) is 1.14. The lowest BCUT2D eigenvalue weighted by Crippen LogP contribution is -2.25. The average Bonchev–Trinajstić information content (AvgIpc) is 2.24. The van der Waals surface area contributed by atoms with E-state index in [4.69, 9.17) is 9.47 Å². The predicted molar refractivity (Wildman–Crippen MR) is 65.6 cm³/mol. The van der Waals surface area contributed by atoms with Crippen molar-refractivity contribution in [2.75, 3.05) is 13.2 Å². The van der Waals surface area contributed by atoms with Crippen LogP contribution < -0.4 is 4.74 Å². The van der Waals surface area contributed by atoms with Crippen LogP contribution in [0.3, 0.4) is 0 Å². The Hall–Kier alpha value is -1.02. The van der Waals surface area contributed by atoms with Crippen molar-refractivity contribution >= 4 is 0 Å². The molecule has 2 nitrogen and oxygen atoms in total. The topological polar surface area (TPSA) is 18.5 Å². The Morgan fingerprint density at radius 1 is 1.25 bits per heavy atom. The highest BCUT2D eigenvalue weighted by atomic mass is 16.5. The Kier molecular flexibility index (Phi) is 4.81. The molecular weight excluding hydrogens is 200 g/mol. The normalized spacial score (nSPS) is 13.5. The van der Waals surface area contributed by atoms with Gasteiger partial charge in [0.05, 0.1) is 18.8 Å². The monoisotopic (exact) mass is 221 g/mol. The van der Waals surface area contributed by atoms with E-state index in [9.17, 15) is 0 Å². The van der Waals surface area contributed by atoms with Gasteiger partial charge >= 0.3 is 0 Å². The summed E-state index contributed by atoms with van der Waals surface area (Å²) in [6.45, 7) is 9.68. The molecule has 0 fully saturated rings. The van der Waals surface area contributed by atoms with Gasteiger partial charge in [0.2, 0.25) is 0 Å². The quantitative estimate of drug-likeness (QED) is 0.759. The van der Waals surface area contributed by atoms with E-state index >= 15 is 0 Å². The van der Waals surface area contributed by atoms with Crippen LogP contribution in [0.2, 0.25) is 0 Å². The second-order valence-electron chi connectivity index (χ2n) is 5.07. The lowest BCUT2D eigenvalue weighted by Gasteiger charge is -2.22. The molecule has 0 saturated heterocycles. The van der Waals surface area contributed by atoms with Crippen LogP contribution in [0.15, 0.2) is 24.3 Å². The first-order chi connectivity index (χ1) is 7.47. The van der Waals surface area contributed by atoms with Crippen molar-refractivity contribution in [3.05, 3.63) is 30.3 Å². The first-order valence-electron chi connectivity index (χ1n) is 5.71. The Morgan fingerprint density at radius 3 is 2.56 bits per heavy atom. The zero-order chi connectivity index (χ0) is 12.0. The third-order valence-electron chi connectivity index (χ3n) is 2.00. The summed E-state index contributed by atoms with van der Waals surface area (Å²) < 4.78 is 11.3. The minimum atomic E-state index is -0.0763. The number of para-hydroxylation sites is 1. The van der Waals surface area contributed by atoms with Crippen LogP contribution in [0.25, 0.3) is 0 Å². The maximum absolute atomic E-state index is 5.69. The fourth-order valence-electron chi connectivity index (χ4n) is 1.14. The summed E-state index contributed by atoms with van der Waals surface area (Å²) >= 11 is 0. The van der Waals surface area contributed by atoms with Crippen LogP contribution in [0.5, 0.6) is 5.75 Å². The molecule has 1 atom stereocenters. The summed E-state index contributed by atoms with van der Waals surface area (Å²) in [4.78, 5) is 0. The van der Waals surface area contributed by atoms with Gasteiger partial charge in [0.1, 0.15) is 5.75 Å². The molecule has 0 amide bonds. The van der Waals surface area contributed by atoms with E-state index in [1.807, 2.05) is 24.3 Å². The third kappa shape index (κ3) is 5.76. The molecule has 89 valence electrons. The summed E-state index contributed by atoms with van der Waals surface area (Å²) in [5.74, 6) is 1.18. The fraction of sp³-hybridized carbons (Fsp3) is 0.571. The number of ether oxygens (including phenoxy) is 2. The van der Waals surface area contributed by atoms with Crippen LogP contribution in [-0.4, -0.2) is 18.8 Å². The second kappa shape index (κ2) is 5.90. The Labute approximate surface area is 98.6 Å². The number of rotatable bonds is 5. The molecule has 1 unspecified atom stereocenters. The summed E-state index contributed by atoms with van der Waals surface area (Å²) in [6.07, 6.45) is 0. The van der Waals surface area contributed by atoms with E-state index < -0.39 is 0 Å². The zero-order valence-electron chi connectivity index (χ0n) is 10.6. The molecule has 0 bridgehead atoms. The molecule has 0 aromatic heterocycles. The van der Waals surface area contributed by atoms with E-state index in [1.54, 1.807) is 0 Å². The largest absolute Gasteiger partial charge is 0.493 e. The smallest absolute Gasteiger partial charge is 0.127 e. The molecule has 16 heavy (non-hydrogen) atoms. The molecule has 1 aromatic rings. The number of benzene rings is 1. The molecule has 0 spiro atoms. The van der Waals surface area contributed by atoms with Crippen LogP contribution in [0, 0.1) is 12.0 Å². The minimum absolute atomic E-state index is 0.0763. The van der Waals surface area contributed by atoms with E-state index in [0.29, 0.717) is 12.5 Å². The van der Waals surface area contributed by atoms with Crippen molar-refractivity contribution in [2.45, 2.75) is 33.3 Å². The van der Waals surface area contributed by atoms with Crippen molar-refractivity contribution < 1.29 is 9.47 Å². The van der Waals surface area contributed by atoms with E-state index in [0.717, 1.165) is 12.4 Å². The molecule has 1 rings (SSSR count). The van der Waals surface area contributed by atoms with Gasteiger partial charge in [0.15, 0.2) is 0 Å². The molecule has 0 N–H and O–H groups in total. The standard InChI is InChI=1S/C14H21O2/c1-12(11-16-14(2,3)4)10-15-13-8-6-5-7-9-13/h5-8,12H,10-11H2,1-4H3. The molecule has 0 heterocycles. The molecule has 1 radical (unpaired) electrons. The molecule has 2 heteroatoms.